The summed E-state index contributed by atoms with van der Waals surface area (Å²) in [7, 11) is 8.08. The number of ether oxygens (including phenoxy) is 3. The maximum absolute atomic E-state index is 13.2. The molecule has 0 radical (unpaired) electrons. The van der Waals surface area contributed by atoms with Crippen molar-refractivity contribution >= 4 is 33.8 Å². The molecule has 2 amide bonds. The van der Waals surface area contributed by atoms with Gasteiger partial charge in [-0.1, -0.05) is 10.9 Å². The van der Waals surface area contributed by atoms with Crippen molar-refractivity contribution in [2.24, 2.45) is 0 Å². The molecule has 0 saturated carbocycles. The van der Waals surface area contributed by atoms with Gasteiger partial charge in [0.25, 0.3) is 5.91 Å². The highest BCUT2D eigenvalue weighted by molar-refractivity contribution is 6.04. The Bertz CT molecular complexity index is 1740. The molecule has 2 aromatic heterocycles. The van der Waals surface area contributed by atoms with Gasteiger partial charge in [-0.25, -0.2) is 14.5 Å². The molecule has 0 spiro atoms. The molecule has 1 unspecified atom stereocenters. The molecule has 14 heteroatoms. The molecular formula is C34H45N7O7. The normalized spacial score (nSPS) is 17.2. The first kappa shape index (κ1) is 33.7. The van der Waals surface area contributed by atoms with E-state index in [1.807, 2.05) is 7.05 Å². The van der Waals surface area contributed by atoms with Crippen LogP contribution in [0.15, 0.2) is 36.4 Å². The molecule has 48 heavy (non-hydrogen) atoms. The molecule has 0 bridgehead atoms. The monoisotopic (exact) mass is 663 g/mol. The predicted octanol–water partition coefficient (Wildman–Crippen LogP) is 4.23. The Morgan fingerprint density at radius 1 is 0.917 bits per heavy atom. The van der Waals surface area contributed by atoms with Crippen molar-refractivity contribution in [3.8, 4) is 5.75 Å². The van der Waals surface area contributed by atoms with Gasteiger partial charge in [0.15, 0.2) is 11.9 Å². The van der Waals surface area contributed by atoms with Gasteiger partial charge >= 0.3 is 6.09 Å². The van der Waals surface area contributed by atoms with Crippen LogP contribution in [0.4, 0.5) is 4.79 Å². The number of likely N-dealkylation sites (N-methyl/N-ethyl adjacent to an activating group) is 2. The zero-order chi connectivity index (χ0) is 33.8. The molecule has 0 N–H and O–H groups in total. The van der Waals surface area contributed by atoms with E-state index < -0.39 is 12.0 Å². The third-order valence-electron chi connectivity index (χ3n) is 9.26. The van der Waals surface area contributed by atoms with Crippen LogP contribution in [0.2, 0.25) is 0 Å². The molecular weight excluding hydrogens is 618 g/mol. The minimum atomic E-state index is -0.618. The zero-order valence-corrected chi connectivity index (χ0v) is 28.4. The maximum atomic E-state index is 13.2. The van der Waals surface area contributed by atoms with E-state index in [0.717, 1.165) is 78.4 Å². The predicted molar refractivity (Wildman–Crippen MR) is 178 cm³/mol. The first-order valence-corrected chi connectivity index (χ1v) is 16.5. The van der Waals surface area contributed by atoms with Crippen LogP contribution < -0.4 is 9.57 Å². The number of hydrogen-bond acceptors (Lipinski definition) is 10. The summed E-state index contributed by atoms with van der Waals surface area (Å²) in [5.41, 5.74) is 3.89. The van der Waals surface area contributed by atoms with Crippen LogP contribution in [-0.2, 0) is 20.9 Å². The fourth-order valence-electron chi connectivity index (χ4n) is 6.31. The van der Waals surface area contributed by atoms with E-state index in [2.05, 4.69) is 32.9 Å². The second kappa shape index (κ2) is 14.9. The summed E-state index contributed by atoms with van der Waals surface area (Å²) in [4.78, 5) is 41.5. The van der Waals surface area contributed by atoms with Crippen molar-refractivity contribution in [2.75, 3.05) is 68.3 Å². The van der Waals surface area contributed by atoms with Gasteiger partial charge in [-0.05, 0) is 81.0 Å². The summed E-state index contributed by atoms with van der Waals surface area (Å²) in [6.45, 7) is 3.88. The molecule has 2 aliphatic rings. The molecule has 2 saturated heterocycles. The van der Waals surface area contributed by atoms with Crippen LogP contribution in [0.25, 0.3) is 21.8 Å². The molecule has 1 atom stereocenters. The van der Waals surface area contributed by atoms with Crippen molar-refractivity contribution in [3.05, 3.63) is 53.3 Å². The molecule has 14 nitrogen and oxygen atoms in total. The summed E-state index contributed by atoms with van der Waals surface area (Å²) in [6.07, 6.45) is 4.49. The van der Waals surface area contributed by atoms with Crippen LogP contribution in [0, 0.1) is 0 Å². The Hall–Kier alpha value is -4.24. The minimum absolute atomic E-state index is 0.0636. The number of hydrogen-bond donors (Lipinski definition) is 0. The van der Waals surface area contributed by atoms with Crippen LogP contribution in [0.5, 0.6) is 5.75 Å². The SMILES string of the molecule is COc1ccc2c(c1)c(C(=O)N(C)OC)nn2OC(=O)N(C)CCN(C)Cc1nn(C2CCCCO2)c2ccc(C3CCOCC3)cc12. The summed E-state index contributed by atoms with van der Waals surface area (Å²) in [6, 6.07) is 11.8. The Balaban J connectivity index is 1.15. The van der Waals surface area contributed by atoms with Gasteiger partial charge in [-0.2, -0.15) is 5.10 Å². The van der Waals surface area contributed by atoms with Crippen LogP contribution in [0.3, 0.4) is 0 Å². The fraction of sp³-hybridized carbons (Fsp3) is 0.529. The topological polar surface area (TPSA) is 126 Å². The van der Waals surface area contributed by atoms with E-state index in [1.165, 1.54) is 31.7 Å². The van der Waals surface area contributed by atoms with Crippen LogP contribution >= 0.6 is 0 Å². The molecule has 2 fully saturated rings. The first-order valence-electron chi connectivity index (χ1n) is 16.5. The molecule has 258 valence electrons. The van der Waals surface area contributed by atoms with Crippen molar-refractivity contribution < 1.29 is 33.5 Å². The van der Waals surface area contributed by atoms with Crippen molar-refractivity contribution in [2.45, 2.75) is 50.8 Å². The lowest BCUT2D eigenvalue weighted by Gasteiger charge is -2.24. The van der Waals surface area contributed by atoms with Gasteiger partial charge in [0.2, 0.25) is 0 Å². The molecule has 6 rings (SSSR count). The second-order valence-corrected chi connectivity index (χ2v) is 12.5. The van der Waals surface area contributed by atoms with E-state index in [-0.39, 0.29) is 11.9 Å². The number of carbonyl (C=O) groups is 2. The number of carbonyl (C=O) groups excluding carboxylic acids is 2. The summed E-state index contributed by atoms with van der Waals surface area (Å²) >= 11 is 0. The standard InChI is InChI=1S/C34H45N7O7/c1-37(15-16-38(2)34(43)48-41-30-12-10-25(44-4)21-27(30)32(36-41)33(42)39(3)45-5)22-28-26-20-24(23-13-18-46-19-14-23)9-11-29(26)40(35-28)31-8-6-7-17-47-31/h9-12,20-21,23,31H,6-8,13-19,22H2,1-5H3. The Morgan fingerprint density at radius 3 is 2.44 bits per heavy atom. The molecule has 4 aromatic rings. The number of benzene rings is 2. The largest absolute Gasteiger partial charge is 0.497 e. The second-order valence-electron chi connectivity index (χ2n) is 12.5. The fourth-order valence-corrected chi connectivity index (χ4v) is 6.31. The third-order valence-corrected chi connectivity index (χ3v) is 9.26. The highest BCUT2D eigenvalue weighted by Crippen LogP contribution is 2.33. The van der Waals surface area contributed by atoms with Gasteiger partial charge in [-0.15, -0.1) is 5.10 Å². The van der Waals surface area contributed by atoms with Crippen LogP contribution in [-0.4, -0.2) is 115 Å². The van der Waals surface area contributed by atoms with E-state index in [9.17, 15) is 9.59 Å². The molecule has 2 aromatic carbocycles. The zero-order valence-electron chi connectivity index (χ0n) is 28.4. The summed E-state index contributed by atoms with van der Waals surface area (Å²) in [5.74, 6) is 0.517. The van der Waals surface area contributed by atoms with E-state index in [4.69, 9.17) is 29.0 Å². The lowest BCUT2D eigenvalue weighted by Crippen LogP contribution is -2.39. The Morgan fingerprint density at radius 2 is 1.71 bits per heavy atom. The van der Waals surface area contributed by atoms with Crippen LogP contribution in [0.1, 0.15) is 66.0 Å². The Kier molecular flexibility index (Phi) is 10.4. The summed E-state index contributed by atoms with van der Waals surface area (Å²) in [5, 5.41) is 12.0. The average Bonchev–Trinajstić information content (AvgIpc) is 3.67. The van der Waals surface area contributed by atoms with Gasteiger partial charge in [-0.3, -0.25) is 19.4 Å². The lowest BCUT2D eigenvalue weighted by atomic mass is 9.91. The van der Waals surface area contributed by atoms with Gasteiger partial charge < -0.3 is 19.1 Å². The minimum Gasteiger partial charge on any atom is -0.497 e. The number of amides is 2. The number of rotatable bonds is 11. The quantitative estimate of drug-likeness (QED) is 0.215. The lowest BCUT2D eigenvalue weighted by molar-refractivity contribution is -0.0761. The highest BCUT2D eigenvalue weighted by atomic mass is 16.7. The average molecular weight is 664 g/mol. The summed E-state index contributed by atoms with van der Waals surface area (Å²) < 4.78 is 19.1. The van der Waals surface area contributed by atoms with Gasteiger partial charge in [0, 0.05) is 64.3 Å². The highest BCUT2D eigenvalue weighted by Gasteiger charge is 2.26. The van der Waals surface area contributed by atoms with E-state index in [0.29, 0.717) is 42.2 Å². The Labute approximate surface area is 279 Å². The third kappa shape index (κ3) is 7.11. The van der Waals surface area contributed by atoms with Gasteiger partial charge in [0.05, 0.1) is 25.4 Å². The van der Waals surface area contributed by atoms with Crippen molar-refractivity contribution in [3.63, 3.8) is 0 Å². The van der Waals surface area contributed by atoms with Crippen molar-refractivity contribution in [1.82, 2.24) is 34.6 Å². The van der Waals surface area contributed by atoms with E-state index in [1.54, 1.807) is 25.2 Å². The first-order chi connectivity index (χ1) is 23.3. The smallest absolute Gasteiger partial charge is 0.435 e. The molecule has 2 aliphatic heterocycles. The number of aromatic nitrogens is 4. The van der Waals surface area contributed by atoms with Gasteiger partial charge in [0.1, 0.15) is 11.3 Å². The number of methoxy groups -OCH3 is 1. The maximum Gasteiger partial charge on any atom is 0.435 e. The number of fused-ring (bicyclic) bond motifs is 2. The molecule has 0 aliphatic carbocycles. The molecule has 4 heterocycles. The van der Waals surface area contributed by atoms with Crippen molar-refractivity contribution in [1.29, 1.82) is 0 Å². The number of nitrogens with zero attached hydrogens (tertiary/aromatic N) is 7. The number of hydroxylamine groups is 2. The van der Waals surface area contributed by atoms with E-state index >= 15 is 0 Å².